The van der Waals surface area contributed by atoms with Crippen LogP contribution in [0.5, 0.6) is 0 Å². The molecule has 0 spiro atoms. The third-order valence-corrected chi connectivity index (χ3v) is 5.64. The Kier molecular flexibility index (Phi) is 6.25. The monoisotopic (exact) mass is 402 g/mol. The average molecular weight is 402 g/mol. The maximum Gasteiger partial charge on any atom is 0.339 e. The van der Waals surface area contributed by atoms with Gasteiger partial charge in [-0.05, 0) is 12.5 Å². The molecule has 0 fully saturated rings. The maximum atomic E-state index is 11.5. The van der Waals surface area contributed by atoms with Crippen molar-refractivity contribution in [3.05, 3.63) is 52.3 Å². The molecule has 28 heavy (non-hydrogen) atoms. The highest BCUT2D eigenvalue weighted by Gasteiger charge is 2.35. The Morgan fingerprint density at radius 2 is 2.21 bits per heavy atom. The molecule has 0 aliphatic carbocycles. The molecule has 0 saturated heterocycles. The number of carboxylic acids is 1. The highest BCUT2D eigenvalue weighted by atomic mass is 32.2. The SMILES string of the molecule is CO/C=C(/C(=O)O)c1ccccc1CON=CCC1=C(C)SC2N(C)C=NN12. The van der Waals surface area contributed by atoms with Crippen molar-refractivity contribution in [3.63, 3.8) is 0 Å². The number of carboxylic acid groups (broad SMARTS) is 1. The first-order chi connectivity index (χ1) is 13.5. The second-order valence-electron chi connectivity index (χ2n) is 6.18. The molecular formula is C19H22N4O4S. The lowest BCUT2D eigenvalue weighted by molar-refractivity contribution is -0.130. The highest BCUT2D eigenvalue weighted by molar-refractivity contribution is 8.03. The van der Waals surface area contributed by atoms with Crippen LogP contribution in [0.2, 0.25) is 0 Å². The van der Waals surface area contributed by atoms with E-state index in [2.05, 4.69) is 22.1 Å². The minimum atomic E-state index is -1.07. The zero-order chi connectivity index (χ0) is 20.1. The van der Waals surface area contributed by atoms with Crippen LogP contribution < -0.4 is 0 Å². The average Bonchev–Trinajstić information content (AvgIpc) is 3.18. The summed E-state index contributed by atoms with van der Waals surface area (Å²) in [7, 11) is 3.41. The Hall–Kier alpha value is -2.94. The smallest absolute Gasteiger partial charge is 0.339 e. The molecule has 0 saturated carbocycles. The van der Waals surface area contributed by atoms with E-state index < -0.39 is 5.97 Å². The third kappa shape index (κ3) is 4.14. The van der Waals surface area contributed by atoms with Gasteiger partial charge < -0.3 is 19.6 Å². The van der Waals surface area contributed by atoms with Crippen molar-refractivity contribution in [2.75, 3.05) is 14.2 Å². The van der Waals surface area contributed by atoms with Gasteiger partial charge in [0.1, 0.15) is 18.5 Å². The first kappa shape index (κ1) is 19.8. The van der Waals surface area contributed by atoms with E-state index in [0.29, 0.717) is 17.5 Å². The lowest BCUT2D eigenvalue weighted by Gasteiger charge is -2.21. The largest absolute Gasteiger partial charge is 0.503 e. The fourth-order valence-corrected chi connectivity index (χ4v) is 4.05. The van der Waals surface area contributed by atoms with Gasteiger partial charge in [0.25, 0.3) is 0 Å². The van der Waals surface area contributed by atoms with Crippen LogP contribution >= 0.6 is 11.8 Å². The number of oxime groups is 1. The number of hydrogen-bond acceptors (Lipinski definition) is 8. The number of methoxy groups -OCH3 is 1. The number of carbonyl (C=O) groups is 1. The first-order valence-corrected chi connectivity index (χ1v) is 9.51. The molecular weight excluding hydrogens is 380 g/mol. The minimum absolute atomic E-state index is 0.0662. The lowest BCUT2D eigenvalue weighted by Crippen LogP contribution is -2.30. The van der Waals surface area contributed by atoms with E-state index in [9.17, 15) is 9.90 Å². The van der Waals surface area contributed by atoms with E-state index in [1.807, 2.05) is 24.5 Å². The molecule has 2 aliphatic heterocycles. The summed E-state index contributed by atoms with van der Waals surface area (Å²) in [5.41, 5.74) is 2.59. The Bertz CT molecular complexity index is 865. The molecule has 1 N–H and O–H groups in total. The van der Waals surface area contributed by atoms with Gasteiger partial charge in [-0.25, -0.2) is 9.80 Å². The van der Waals surface area contributed by atoms with E-state index >= 15 is 0 Å². The Balaban J connectivity index is 1.60. The number of fused-ring (bicyclic) bond motifs is 1. The van der Waals surface area contributed by atoms with Crippen molar-refractivity contribution in [1.82, 2.24) is 9.91 Å². The molecule has 1 unspecified atom stereocenters. The number of benzene rings is 1. The normalized spacial score (nSPS) is 19.0. The van der Waals surface area contributed by atoms with E-state index in [4.69, 9.17) is 9.57 Å². The van der Waals surface area contributed by atoms with Crippen LogP contribution in [0.15, 0.2) is 51.4 Å². The molecule has 2 aliphatic rings. The molecule has 148 valence electrons. The Morgan fingerprint density at radius 3 is 2.96 bits per heavy atom. The summed E-state index contributed by atoms with van der Waals surface area (Å²) < 4.78 is 4.89. The van der Waals surface area contributed by atoms with E-state index in [1.54, 1.807) is 36.2 Å². The van der Waals surface area contributed by atoms with Gasteiger partial charge in [0, 0.05) is 30.2 Å². The zero-order valence-corrected chi connectivity index (χ0v) is 16.7. The van der Waals surface area contributed by atoms with Crippen molar-refractivity contribution in [2.45, 2.75) is 25.4 Å². The van der Waals surface area contributed by atoms with Crippen molar-refractivity contribution in [2.24, 2.45) is 10.3 Å². The number of aliphatic carboxylic acids is 1. The van der Waals surface area contributed by atoms with Gasteiger partial charge >= 0.3 is 5.97 Å². The molecule has 9 heteroatoms. The van der Waals surface area contributed by atoms with Crippen LogP contribution in [0, 0.1) is 0 Å². The van der Waals surface area contributed by atoms with Crippen LogP contribution in [-0.4, -0.2) is 53.2 Å². The first-order valence-electron chi connectivity index (χ1n) is 8.63. The van der Waals surface area contributed by atoms with Gasteiger partial charge in [-0.1, -0.05) is 41.2 Å². The van der Waals surface area contributed by atoms with Gasteiger partial charge in [-0.3, -0.25) is 0 Å². The molecule has 1 atom stereocenters. The van der Waals surface area contributed by atoms with Crippen LogP contribution in [0.1, 0.15) is 24.5 Å². The summed E-state index contributed by atoms with van der Waals surface area (Å²) in [6.45, 7) is 2.23. The summed E-state index contributed by atoms with van der Waals surface area (Å²) in [6.07, 6.45) is 5.32. The summed E-state index contributed by atoms with van der Waals surface area (Å²) in [5.74, 6) is -1.07. The number of ether oxygens (including phenoxy) is 1. The third-order valence-electron chi connectivity index (χ3n) is 4.31. The quantitative estimate of drug-likeness (QED) is 0.309. The van der Waals surface area contributed by atoms with Gasteiger partial charge in [-0.2, -0.15) is 5.10 Å². The van der Waals surface area contributed by atoms with Gasteiger partial charge in [-0.15, -0.1) is 0 Å². The molecule has 8 nitrogen and oxygen atoms in total. The van der Waals surface area contributed by atoms with E-state index in [0.717, 1.165) is 5.70 Å². The predicted molar refractivity (Wildman–Crippen MR) is 109 cm³/mol. The van der Waals surface area contributed by atoms with Crippen LogP contribution in [0.4, 0.5) is 0 Å². The summed E-state index contributed by atoms with van der Waals surface area (Å²) in [6, 6.07) is 7.11. The molecule has 0 amide bonds. The fraction of sp³-hybridized carbons (Fsp3) is 0.316. The predicted octanol–water partition coefficient (Wildman–Crippen LogP) is 3.10. The fourth-order valence-electron chi connectivity index (χ4n) is 2.92. The van der Waals surface area contributed by atoms with E-state index in [1.165, 1.54) is 18.3 Å². The summed E-state index contributed by atoms with van der Waals surface area (Å²) >= 11 is 1.76. The number of hydrogen-bond donors (Lipinski definition) is 1. The van der Waals surface area contributed by atoms with Gasteiger partial charge in [0.05, 0.1) is 19.1 Å². The number of allylic oxidation sites excluding steroid dienone is 2. The zero-order valence-electron chi connectivity index (χ0n) is 15.9. The minimum Gasteiger partial charge on any atom is -0.503 e. The Morgan fingerprint density at radius 1 is 1.43 bits per heavy atom. The topological polar surface area (TPSA) is 87.0 Å². The van der Waals surface area contributed by atoms with Crippen LogP contribution in [0.3, 0.4) is 0 Å². The number of rotatable bonds is 8. The molecule has 2 heterocycles. The molecule has 0 bridgehead atoms. The van der Waals surface area contributed by atoms with E-state index in [-0.39, 0.29) is 17.7 Å². The van der Waals surface area contributed by atoms with Crippen LogP contribution in [-0.2, 0) is 21.0 Å². The standard InChI is InChI=1S/C19H22N4O4S/c1-13-17(23-19(28-13)22(2)12-20-23)8-9-21-27-10-14-6-4-5-7-15(14)16(11-26-3)18(24)25/h4-7,9,11-12,19H,8,10H2,1-3H3,(H,24,25)/b16-11+,21-9?. The molecule has 1 aromatic rings. The van der Waals surface area contributed by atoms with Gasteiger partial charge in [0.2, 0.25) is 0 Å². The van der Waals surface area contributed by atoms with Crippen molar-refractivity contribution in [1.29, 1.82) is 0 Å². The highest BCUT2D eigenvalue weighted by Crippen LogP contribution is 2.41. The second-order valence-corrected chi connectivity index (χ2v) is 7.45. The maximum absolute atomic E-state index is 11.5. The number of nitrogens with zero attached hydrogens (tertiary/aromatic N) is 4. The van der Waals surface area contributed by atoms with Gasteiger partial charge in [0.15, 0.2) is 5.50 Å². The summed E-state index contributed by atoms with van der Waals surface area (Å²) in [4.78, 5) is 20.1. The molecule has 3 rings (SSSR count). The second kappa shape index (κ2) is 8.83. The number of hydrazone groups is 1. The Labute approximate surface area is 167 Å². The summed E-state index contributed by atoms with van der Waals surface area (Å²) in [5, 5.41) is 19.8. The van der Waals surface area contributed by atoms with Crippen LogP contribution in [0.25, 0.3) is 5.57 Å². The number of thioether (sulfide) groups is 1. The van der Waals surface area contributed by atoms with Crippen molar-refractivity contribution in [3.8, 4) is 0 Å². The molecule has 0 radical (unpaired) electrons. The van der Waals surface area contributed by atoms with Crippen molar-refractivity contribution >= 4 is 35.9 Å². The lowest BCUT2D eigenvalue weighted by atomic mass is 10.0. The molecule has 0 aromatic heterocycles. The molecule has 1 aromatic carbocycles. The van der Waals surface area contributed by atoms with Crippen molar-refractivity contribution < 1.29 is 19.5 Å².